The highest BCUT2D eigenvalue weighted by Crippen LogP contribution is 2.44. The van der Waals surface area contributed by atoms with Gasteiger partial charge in [-0.15, -0.1) is 0 Å². The number of carbonyl (C=O) groups excluding carboxylic acids is 2. The van der Waals surface area contributed by atoms with Crippen LogP contribution in [-0.4, -0.2) is 28.6 Å². The Hall–Kier alpha value is -1.88. The summed E-state index contributed by atoms with van der Waals surface area (Å²) in [4.78, 5) is 24.2. The van der Waals surface area contributed by atoms with Gasteiger partial charge in [-0.25, -0.2) is 4.79 Å². The average molecular weight is 276 g/mol. The molecule has 5 heteroatoms. The van der Waals surface area contributed by atoms with E-state index < -0.39 is 17.7 Å². The Morgan fingerprint density at radius 2 is 1.95 bits per heavy atom. The minimum atomic E-state index is -1.31. The first kappa shape index (κ1) is 13.1. The Morgan fingerprint density at radius 1 is 1.25 bits per heavy atom. The van der Waals surface area contributed by atoms with Crippen LogP contribution in [0.1, 0.15) is 59.6 Å². The molecule has 0 aliphatic carbocycles. The molecule has 0 saturated heterocycles. The molecular formula is C15H16O5. The second-order valence-corrected chi connectivity index (χ2v) is 5.72. The molecule has 0 radical (unpaired) electrons. The molecule has 1 unspecified atom stereocenters. The summed E-state index contributed by atoms with van der Waals surface area (Å²) in [5.41, 5.74) is 0.106. The first-order valence-electron chi connectivity index (χ1n) is 6.65. The normalized spacial score (nSPS) is 24.2. The van der Waals surface area contributed by atoms with Crippen LogP contribution in [0.15, 0.2) is 12.1 Å². The summed E-state index contributed by atoms with van der Waals surface area (Å²) >= 11 is 0. The van der Waals surface area contributed by atoms with Crippen molar-refractivity contribution in [2.75, 3.05) is 0 Å². The number of ketones is 1. The number of fused-ring (bicyclic) bond motifs is 3. The lowest BCUT2D eigenvalue weighted by molar-refractivity contribution is -0.0143. The number of hydrogen-bond donors (Lipinski definition) is 1. The van der Waals surface area contributed by atoms with Gasteiger partial charge in [-0.05, 0) is 26.3 Å². The zero-order valence-corrected chi connectivity index (χ0v) is 11.6. The van der Waals surface area contributed by atoms with Gasteiger partial charge in [-0.3, -0.25) is 4.79 Å². The molecular weight excluding hydrogens is 260 g/mol. The molecule has 1 aromatic carbocycles. The molecule has 0 bridgehead atoms. The van der Waals surface area contributed by atoms with Gasteiger partial charge in [0.1, 0.15) is 23.0 Å². The van der Waals surface area contributed by atoms with Gasteiger partial charge in [0.25, 0.3) is 0 Å². The second kappa shape index (κ2) is 4.06. The number of esters is 1. The molecule has 2 aliphatic rings. The third-order valence-corrected chi connectivity index (χ3v) is 3.74. The van der Waals surface area contributed by atoms with Gasteiger partial charge < -0.3 is 14.6 Å². The summed E-state index contributed by atoms with van der Waals surface area (Å²) in [5.74, 6) is -0.517. The van der Waals surface area contributed by atoms with Crippen LogP contribution in [-0.2, 0) is 4.74 Å². The van der Waals surface area contributed by atoms with Gasteiger partial charge in [0, 0.05) is 5.56 Å². The first-order valence-corrected chi connectivity index (χ1v) is 6.65. The Bertz CT molecular complexity index is 611. The lowest BCUT2D eigenvalue weighted by Gasteiger charge is -2.23. The van der Waals surface area contributed by atoms with Crippen LogP contribution in [0.3, 0.4) is 0 Å². The maximum Gasteiger partial charge on any atom is 0.342 e. The second-order valence-electron chi connectivity index (χ2n) is 5.72. The highest BCUT2D eigenvalue weighted by Gasteiger charge is 2.46. The van der Waals surface area contributed by atoms with Crippen LogP contribution in [0.2, 0.25) is 0 Å². The molecule has 2 aliphatic heterocycles. The van der Waals surface area contributed by atoms with Crippen LogP contribution in [0.25, 0.3) is 0 Å². The number of ether oxygens (including phenoxy) is 2. The fourth-order valence-electron chi connectivity index (χ4n) is 2.73. The SMILES string of the molecule is CC[C@H]1OC(=O)c2c1ccc1c2OC(C(C)(C)O)C1=O. The average Bonchev–Trinajstić information content (AvgIpc) is 2.87. The van der Waals surface area contributed by atoms with E-state index in [4.69, 9.17) is 9.47 Å². The van der Waals surface area contributed by atoms with Gasteiger partial charge in [0.2, 0.25) is 5.78 Å². The molecule has 0 amide bonds. The predicted octanol–water partition coefficient (Wildman–Crippen LogP) is 2.02. The van der Waals surface area contributed by atoms with E-state index in [0.717, 1.165) is 5.56 Å². The number of carbonyl (C=O) groups is 2. The number of rotatable bonds is 2. The van der Waals surface area contributed by atoms with Crippen LogP contribution in [0, 0.1) is 0 Å². The third kappa shape index (κ3) is 1.66. The van der Waals surface area contributed by atoms with E-state index >= 15 is 0 Å². The number of aliphatic hydroxyl groups is 1. The Labute approximate surface area is 116 Å². The minimum absolute atomic E-state index is 0.251. The Balaban J connectivity index is 2.13. The van der Waals surface area contributed by atoms with E-state index in [1.165, 1.54) is 13.8 Å². The maximum absolute atomic E-state index is 12.3. The maximum atomic E-state index is 12.3. The first-order chi connectivity index (χ1) is 9.34. The largest absolute Gasteiger partial charge is 0.478 e. The highest BCUT2D eigenvalue weighted by molar-refractivity contribution is 6.10. The number of Topliss-reactive ketones (excluding diaryl/α,β-unsaturated/α-hetero) is 1. The van der Waals surface area contributed by atoms with Crippen molar-refractivity contribution in [3.05, 3.63) is 28.8 Å². The number of cyclic esters (lactones) is 1. The summed E-state index contributed by atoms with van der Waals surface area (Å²) in [7, 11) is 0. The molecule has 1 aromatic rings. The van der Waals surface area contributed by atoms with Crippen molar-refractivity contribution in [2.45, 2.75) is 45.0 Å². The smallest absolute Gasteiger partial charge is 0.342 e. The molecule has 106 valence electrons. The molecule has 0 spiro atoms. The quantitative estimate of drug-likeness (QED) is 0.837. The van der Waals surface area contributed by atoms with Crippen molar-refractivity contribution in [3.8, 4) is 5.75 Å². The molecule has 5 nitrogen and oxygen atoms in total. The topological polar surface area (TPSA) is 72.8 Å². The van der Waals surface area contributed by atoms with E-state index in [9.17, 15) is 14.7 Å². The van der Waals surface area contributed by atoms with Crippen molar-refractivity contribution >= 4 is 11.8 Å². The van der Waals surface area contributed by atoms with Crippen molar-refractivity contribution < 1.29 is 24.2 Å². The molecule has 0 aromatic heterocycles. The van der Waals surface area contributed by atoms with Gasteiger partial charge in [0.15, 0.2) is 6.10 Å². The van der Waals surface area contributed by atoms with E-state index in [-0.39, 0.29) is 17.6 Å². The highest BCUT2D eigenvalue weighted by atomic mass is 16.6. The summed E-state index contributed by atoms with van der Waals surface area (Å²) < 4.78 is 10.9. The van der Waals surface area contributed by atoms with Gasteiger partial charge in [-0.2, -0.15) is 0 Å². The molecule has 3 rings (SSSR count). The summed E-state index contributed by atoms with van der Waals surface area (Å²) in [6, 6.07) is 3.38. The zero-order chi connectivity index (χ0) is 14.7. The third-order valence-electron chi connectivity index (χ3n) is 3.74. The molecule has 2 atom stereocenters. The zero-order valence-electron chi connectivity index (χ0n) is 11.6. The van der Waals surface area contributed by atoms with Gasteiger partial charge in [0.05, 0.1) is 5.56 Å². The Kier molecular flexibility index (Phi) is 2.66. The number of benzene rings is 1. The predicted molar refractivity (Wildman–Crippen MR) is 69.9 cm³/mol. The van der Waals surface area contributed by atoms with E-state index in [1.807, 2.05) is 6.92 Å². The fraction of sp³-hybridized carbons (Fsp3) is 0.467. The monoisotopic (exact) mass is 276 g/mol. The molecule has 20 heavy (non-hydrogen) atoms. The van der Waals surface area contributed by atoms with Crippen molar-refractivity contribution in [2.24, 2.45) is 0 Å². The van der Waals surface area contributed by atoms with Crippen LogP contribution < -0.4 is 4.74 Å². The standard InChI is InChI=1S/C15H16O5/c1-4-9-7-5-6-8-11(16)13(15(2,3)18)20-12(8)10(7)14(17)19-9/h5-6,9,13,18H,4H2,1-3H3/t9-,13?/m1/s1. The van der Waals surface area contributed by atoms with Crippen molar-refractivity contribution in [1.82, 2.24) is 0 Å². The number of hydrogen-bond acceptors (Lipinski definition) is 5. The minimum Gasteiger partial charge on any atom is -0.478 e. The van der Waals surface area contributed by atoms with E-state index in [2.05, 4.69) is 0 Å². The molecule has 0 fully saturated rings. The van der Waals surface area contributed by atoms with Crippen molar-refractivity contribution in [3.63, 3.8) is 0 Å². The summed E-state index contributed by atoms with van der Waals surface area (Å²) in [5, 5.41) is 10.0. The van der Waals surface area contributed by atoms with Gasteiger partial charge in [-0.1, -0.05) is 13.0 Å². The summed E-state index contributed by atoms with van der Waals surface area (Å²) in [6.45, 7) is 4.94. The molecule has 1 N–H and O–H groups in total. The summed E-state index contributed by atoms with van der Waals surface area (Å²) in [6.07, 6.45) is -0.611. The van der Waals surface area contributed by atoms with Crippen LogP contribution in [0.5, 0.6) is 5.75 Å². The van der Waals surface area contributed by atoms with E-state index in [1.54, 1.807) is 12.1 Å². The Morgan fingerprint density at radius 3 is 2.55 bits per heavy atom. The molecule has 0 saturated carbocycles. The van der Waals surface area contributed by atoms with Gasteiger partial charge >= 0.3 is 5.97 Å². The van der Waals surface area contributed by atoms with Crippen LogP contribution in [0.4, 0.5) is 0 Å². The molecule has 2 heterocycles. The fourth-order valence-corrected chi connectivity index (χ4v) is 2.73. The van der Waals surface area contributed by atoms with Crippen molar-refractivity contribution in [1.29, 1.82) is 0 Å². The lowest BCUT2D eigenvalue weighted by Crippen LogP contribution is -2.43. The van der Waals surface area contributed by atoms with Crippen LogP contribution >= 0.6 is 0 Å². The lowest BCUT2D eigenvalue weighted by atomic mass is 9.94. The van der Waals surface area contributed by atoms with E-state index in [0.29, 0.717) is 17.5 Å².